The first kappa shape index (κ1) is 20.9. The van der Waals surface area contributed by atoms with Crippen LogP contribution in [0.4, 0.5) is 0 Å². The van der Waals surface area contributed by atoms with Gasteiger partial charge in [0.2, 0.25) is 0 Å². The molecule has 0 aromatic heterocycles. The standard InChI is InChI=1S/C19H42N2/c1-7-11-12-13-14-15-16-17-18(20-6)19(5,8-2)21(9-3)10-4/h18,20H,7-17H2,1-6H3. The van der Waals surface area contributed by atoms with Gasteiger partial charge >= 0.3 is 0 Å². The fourth-order valence-corrected chi connectivity index (χ4v) is 3.71. The average molecular weight is 299 g/mol. The molecule has 0 rings (SSSR count). The second-order valence-corrected chi connectivity index (χ2v) is 6.63. The van der Waals surface area contributed by atoms with Crippen LogP contribution < -0.4 is 5.32 Å². The predicted octanol–water partition coefficient (Wildman–Crippen LogP) is 5.23. The molecule has 0 bridgehead atoms. The van der Waals surface area contributed by atoms with Crippen molar-refractivity contribution in [3.8, 4) is 0 Å². The summed E-state index contributed by atoms with van der Waals surface area (Å²) in [5.74, 6) is 0. The van der Waals surface area contributed by atoms with Crippen molar-refractivity contribution in [1.29, 1.82) is 0 Å². The van der Waals surface area contributed by atoms with Gasteiger partial charge in [-0.25, -0.2) is 0 Å². The van der Waals surface area contributed by atoms with Gasteiger partial charge in [0.15, 0.2) is 0 Å². The summed E-state index contributed by atoms with van der Waals surface area (Å²) in [6.07, 6.45) is 12.3. The summed E-state index contributed by atoms with van der Waals surface area (Å²) in [6.45, 7) is 14.0. The Labute approximate surface area is 135 Å². The quantitative estimate of drug-likeness (QED) is 0.442. The van der Waals surface area contributed by atoms with E-state index in [0.29, 0.717) is 11.6 Å². The molecule has 2 unspecified atom stereocenters. The molecular weight excluding hydrogens is 256 g/mol. The fourth-order valence-electron chi connectivity index (χ4n) is 3.71. The van der Waals surface area contributed by atoms with Gasteiger partial charge in [-0.1, -0.05) is 72.6 Å². The van der Waals surface area contributed by atoms with Gasteiger partial charge in [0.1, 0.15) is 0 Å². The van der Waals surface area contributed by atoms with Gasteiger partial charge in [-0.15, -0.1) is 0 Å². The van der Waals surface area contributed by atoms with Crippen molar-refractivity contribution in [3.05, 3.63) is 0 Å². The summed E-state index contributed by atoms with van der Waals surface area (Å²) in [5, 5.41) is 3.61. The molecule has 0 radical (unpaired) electrons. The molecule has 21 heavy (non-hydrogen) atoms. The Morgan fingerprint density at radius 1 is 0.857 bits per heavy atom. The lowest BCUT2D eigenvalue weighted by molar-refractivity contribution is 0.0686. The van der Waals surface area contributed by atoms with E-state index in [1.807, 2.05) is 0 Å². The predicted molar refractivity (Wildman–Crippen MR) is 97.1 cm³/mol. The van der Waals surface area contributed by atoms with E-state index in [-0.39, 0.29) is 0 Å². The number of nitrogens with one attached hydrogen (secondary N) is 1. The molecule has 0 fully saturated rings. The van der Waals surface area contributed by atoms with Crippen molar-refractivity contribution in [2.24, 2.45) is 0 Å². The lowest BCUT2D eigenvalue weighted by atomic mass is 9.84. The van der Waals surface area contributed by atoms with E-state index in [1.54, 1.807) is 0 Å². The minimum atomic E-state index is 0.292. The van der Waals surface area contributed by atoms with E-state index in [9.17, 15) is 0 Å². The molecule has 0 saturated heterocycles. The molecule has 0 spiro atoms. The van der Waals surface area contributed by atoms with E-state index in [2.05, 4.69) is 51.9 Å². The van der Waals surface area contributed by atoms with Crippen molar-refractivity contribution < 1.29 is 0 Å². The summed E-state index contributed by atoms with van der Waals surface area (Å²) in [4.78, 5) is 2.63. The van der Waals surface area contributed by atoms with Gasteiger partial charge in [0.05, 0.1) is 0 Å². The zero-order chi connectivity index (χ0) is 16.1. The van der Waals surface area contributed by atoms with Crippen LogP contribution in [-0.2, 0) is 0 Å². The average Bonchev–Trinajstić information content (AvgIpc) is 2.51. The topological polar surface area (TPSA) is 15.3 Å². The first-order chi connectivity index (χ1) is 10.1. The third kappa shape index (κ3) is 7.15. The third-order valence-electron chi connectivity index (χ3n) is 5.40. The van der Waals surface area contributed by atoms with Crippen LogP contribution in [0.15, 0.2) is 0 Å². The van der Waals surface area contributed by atoms with Crippen molar-refractivity contribution >= 4 is 0 Å². The summed E-state index contributed by atoms with van der Waals surface area (Å²) >= 11 is 0. The molecule has 2 nitrogen and oxygen atoms in total. The summed E-state index contributed by atoms with van der Waals surface area (Å²) in [7, 11) is 2.14. The molecule has 1 N–H and O–H groups in total. The van der Waals surface area contributed by atoms with Crippen LogP contribution in [0, 0.1) is 0 Å². The van der Waals surface area contributed by atoms with Crippen LogP contribution >= 0.6 is 0 Å². The molecule has 0 aromatic rings. The van der Waals surface area contributed by atoms with Crippen LogP contribution in [0.25, 0.3) is 0 Å². The van der Waals surface area contributed by atoms with Crippen LogP contribution in [0.1, 0.15) is 92.4 Å². The lowest BCUT2D eigenvalue weighted by Crippen LogP contribution is -2.58. The fraction of sp³-hybridized carbons (Fsp3) is 1.00. The molecule has 2 atom stereocenters. The van der Waals surface area contributed by atoms with E-state index in [4.69, 9.17) is 0 Å². The Morgan fingerprint density at radius 3 is 1.81 bits per heavy atom. The van der Waals surface area contributed by atoms with Crippen molar-refractivity contribution in [2.45, 2.75) is 104 Å². The maximum Gasteiger partial charge on any atom is 0.0331 e. The lowest BCUT2D eigenvalue weighted by Gasteiger charge is -2.46. The molecular formula is C19H42N2. The molecule has 0 saturated carbocycles. The van der Waals surface area contributed by atoms with E-state index < -0.39 is 0 Å². The van der Waals surface area contributed by atoms with Gasteiger partial charge in [-0.3, -0.25) is 4.90 Å². The number of nitrogens with zero attached hydrogens (tertiary/aromatic N) is 1. The molecule has 0 aromatic carbocycles. The monoisotopic (exact) mass is 298 g/mol. The molecule has 128 valence electrons. The summed E-state index contributed by atoms with van der Waals surface area (Å²) in [6, 6.07) is 0.609. The first-order valence-corrected chi connectivity index (χ1v) is 9.52. The van der Waals surface area contributed by atoms with Gasteiger partial charge in [0, 0.05) is 11.6 Å². The van der Waals surface area contributed by atoms with Crippen LogP contribution in [0.2, 0.25) is 0 Å². The molecule has 0 aliphatic carbocycles. The maximum atomic E-state index is 3.61. The Balaban J connectivity index is 4.22. The van der Waals surface area contributed by atoms with Gasteiger partial charge in [-0.2, -0.15) is 0 Å². The first-order valence-electron chi connectivity index (χ1n) is 9.52. The number of likely N-dealkylation sites (N-methyl/N-ethyl adjacent to an activating group) is 2. The van der Waals surface area contributed by atoms with Crippen molar-refractivity contribution in [3.63, 3.8) is 0 Å². The summed E-state index contributed by atoms with van der Waals surface area (Å²) < 4.78 is 0. The van der Waals surface area contributed by atoms with Gasteiger partial charge < -0.3 is 5.32 Å². The molecule has 0 amide bonds. The van der Waals surface area contributed by atoms with Crippen molar-refractivity contribution in [1.82, 2.24) is 10.2 Å². The second-order valence-electron chi connectivity index (χ2n) is 6.63. The van der Waals surface area contributed by atoms with E-state index in [1.165, 1.54) is 57.8 Å². The second kappa shape index (κ2) is 12.5. The van der Waals surface area contributed by atoms with Gasteiger partial charge in [0.25, 0.3) is 0 Å². The van der Waals surface area contributed by atoms with Crippen LogP contribution in [0.3, 0.4) is 0 Å². The smallest absolute Gasteiger partial charge is 0.0331 e. The highest BCUT2D eigenvalue weighted by atomic mass is 15.2. The molecule has 0 heterocycles. The minimum Gasteiger partial charge on any atom is -0.315 e. The van der Waals surface area contributed by atoms with E-state index >= 15 is 0 Å². The van der Waals surface area contributed by atoms with E-state index in [0.717, 1.165) is 13.1 Å². The number of rotatable bonds is 14. The highest BCUT2D eigenvalue weighted by Gasteiger charge is 2.35. The number of unbranched alkanes of at least 4 members (excludes halogenated alkanes) is 6. The molecule has 2 heteroatoms. The summed E-state index contributed by atoms with van der Waals surface area (Å²) in [5.41, 5.74) is 0.292. The third-order valence-corrected chi connectivity index (χ3v) is 5.40. The van der Waals surface area contributed by atoms with Crippen LogP contribution in [0.5, 0.6) is 0 Å². The number of hydrogen-bond acceptors (Lipinski definition) is 2. The maximum absolute atomic E-state index is 3.61. The largest absolute Gasteiger partial charge is 0.315 e. The number of hydrogen-bond donors (Lipinski definition) is 1. The Bertz CT molecular complexity index is 226. The SMILES string of the molecule is CCCCCCCCCC(NC)C(C)(CC)N(CC)CC. The van der Waals surface area contributed by atoms with Crippen molar-refractivity contribution in [2.75, 3.05) is 20.1 Å². The molecule has 0 aliphatic rings. The van der Waals surface area contributed by atoms with Crippen LogP contribution in [-0.4, -0.2) is 36.6 Å². The Kier molecular flexibility index (Phi) is 12.4. The highest BCUT2D eigenvalue weighted by molar-refractivity contribution is 4.95. The zero-order valence-electron chi connectivity index (χ0n) is 15.8. The zero-order valence-corrected chi connectivity index (χ0v) is 15.8. The minimum absolute atomic E-state index is 0.292. The highest BCUT2D eigenvalue weighted by Crippen LogP contribution is 2.27. The normalized spacial score (nSPS) is 16.1. The Morgan fingerprint density at radius 2 is 1.38 bits per heavy atom. The Hall–Kier alpha value is -0.0800. The van der Waals surface area contributed by atoms with Gasteiger partial charge in [-0.05, 0) is 39.9 Å². The molecule has 0 aliphatic heterocycles.